The molecule has 2 N–H and O–H groups in total. The van der Waals surface area contributed by atoms with Crippen LogP contribution >= 0.6 is 0 Å². The van der Waals surface area contributed by atoms with Crippen LogP contribution in [-0.2, 0) is 16.6 Å². The molecule has 0 spiro atoms. The fourth-order valence-corrected chi connectivity index (χ4v) is 4.72. The van der Waals surface area contributed by atoms with Crippen molar-refractivity contribution in [2.75, 3.05) is 0 Å². The molecule has 1 aliphatic carbocycles. The molecule has 0 aromatic heterocycles. The number of hydrogen-bond donors (Lipinski definition) is 1. The Kier molecular flexibility index (Phi) is 5.17. The van der Waals surface area contributed by atoms with Gasteiger partial charge in [0.05, 0.1) is 5.25 Å². The first kappa shape index (κ1) is 14.7. The van der Waals surface area contributed by atoms with Gasteiger partial charge in [-0.3, -0.25) is 4.21 Å². The molecule has 0 saturated heterocycles. The molecule has 3 heteroatoms. The minimum Gasteiger partial charge on any atom is -0.327 e. The Hall–Kier alpha value is -0.670. The van der Waals surface area contributed by atoms with Crippen LogP contribution in [0.3, 0.4) is 0 Å². The van der Waals surface area contributed by atoms with Crippen LogP contribution in [0.2, 0.25) is 0 Å². The maximum absolute atomic E-state index is 12.6. The number of nitrogens with two attached hydrogens (primary N) is 1. The standard InChI is InChI=1S/C16H25NOS/c1-12-8-13(2)10-14(9-12)11-19(18)16-7-5-3-4-6-15(16)17/h8-10,15-16H,3-7,11,17H2,1-2H3. The second-order valence-electron chi connectivity index (χ2n) is 5.86. The first-order valence-electron chi connectivity index (χ1n) is 7.26. The predicted octanol–water partition coefficient (Wildman–Crippen LogP) is 3.21. The van der Waals surface area contributed by atoms with Crippen molar-refractivity contribution in [2.45, 2.75) is 63.0 Å². The van der Waals surface area contributed by atoms with Gasteiger partial charge in [-0.1, -0.05) is 48.6 Å². The van der Waals surface area contributed by atoms with Crippen molar-refractivity contribution < 1.29 is 4.21 Å². The molecule has 1 saturated carbocycles. The van der Waals surface area contributed by atoms with E-state index in [0.29, 0.717) is 5.75 Å². The molecule has 0 radical (unpaired) electrons. The van der Waals surface area contributed by atoms with Crippen LogP contribution < -0.4 is 5.73 Å². The van der Waals surface area contributed by atoms with Crippen LogP contribution in [0.15, 0.2) is 18.2 Å². The van der Waals surface area contributed by atoms with E-state index in [1.165, 1.54) is 36.0 Å². The van der Waals surface area contributed by atoms with Crippen molar-refractivity contribution >= 4 is 10.8 Å². The zero-order valence-corrected chi connectivity index (χ0v) is 12.8. The van der Waals surface area contributed by atoms with Gasteiger partial charge in [0.1, 0.15) is 0 Å². The van der Waals surface area contributed by atoms with Crippen LogP contribution in [0.1, 0.15) is 48.8 Å². The lowest BCUT2D eigenvalue weighted by molar-refractivity contribution is 0.574. The van der Waals surface area contributed by atoms with E-state index in [1.807, 2.05) is 0 Å². The monoisotopic (exact) mass is 279 g/mol. The van der Waals surface area contributed by atoms with Gasteiger partial charge >= 0.3 is 0 Å². The maximum Gasteiger partial charge on any atom is 0.0502 e. The third kappa shape index (κ3) is 4.15. The Morgan fingerprint density at radius 2 is 1.74 bits per heavy atom. The van der Waals surface area contributed by atoms with E-state index in [2.05, 4.69) is 32.0 Å². The molecule has 2 rings (SSSR count). The van der Waals surface area contributed by atoms with Crippen molar-refractivity contribution in [3.05, 3.63) is 34.9 Å². The van der Waals surface area contributed by atoms with Gasteiger partial charge in [0.2, 0.25) is 0 Å². The normalized spacial score (nSPS) is 25.8. The highest BCUT2D eigenvalue weighted by molar-refractivity contribution is 7.84. The lowest BCUT2D eigenvalue weighted by Crippen LogP contribution is -2.37. The Labute approximate surface area is 119 Å². The summed E-state index contributed by atoms with van der Waals surface area (Å²) in [5.74, 6) is 0.654. The van der Waals surface area contributed by atoms with Crippen molar-refractivity contribution in [1.82, 2.24) is 0 Å². The summed E-state index contributed by atoms with van der Waals surface area (Å²) in [7, 11) is -0.840. The van der Waals surface area contributed by atoms with Crippen LogP contribution in [0.25, 0.3) is 0 Å². The highest BCUT2D eigenvalue weighted by atomic mass is 32.2. The van der Waals surface area contributed by atoms with E-state index in [1.54, 1.807) is 0 Å². The SMILES string of the molecule is Cc1cc(C)cc(CS(=O)C2CCCCCC2N)c1. The van der Waals surface area contributed by atoms with E-state index in [9.17, 15) is 4.21 Å². The van der Waals surface area contributed by atoms with Crippen LogP contribution in [-0.4, -0.2) is 15.5 Å². The van der Waals surface area contributed by atoms with Crippen LogP contribution in [0.4, 0.5) is 0 Å². The van der Waals surface area contributed by atoms with Crippen molar-refractivity contribution in [3.8, 4) is 0 Å². The molecular formula is C16H25NOS. The highest BCUT2D eigenvalue weighted by Crippen LogP contribution is 2.23. The van der Waals surface area contributed by atoms with E-state index < -0.39 is 10.8 Å². The zero-order valence-electron chi connectivity index (χ0n) is 12.0. The molecule has 19 heavy (non-hydrogen) atoms. The second-order valence-corrected chi connectivity index (χ2v) is 7.52. The summed E-state index contributed by atoms with van der Waals surface area (Å²) >= 11 is 0. The number of hydrogen-bond acceptors (Lipinski definition) is 2. The molecule has 1 aliphatic rings. The van der Waals surface area contributed by atoms with Crippen molar-refractivity contribution in [1.29, 1.82) is 0 Å². The smallest absolute Gasteiger partial charge is 0.0502 e. The Morgan fingerprint density at radius 3 is 2.42 bits per heavy atom. The van der Waals surface area contributed by atoms with Gasteiger partial charge in [0.15, 0.2) is 0 Å². The molecule has 3 atom stereocenters. The minimum absolute atomic E-state index is 0.120. The topological polar surface area (TPSA) is 43.1 Å². The van der Waals surface area contributed by atoms with Crippen molar-refractivity contribution in [2.24, 2.45) is 5.73 Å². The summed E-state index contributed by atoms with van der Waals surface area (Å²) < 4.78 is 12.6. The van der Waals surface area contributed by atoms with Crippen LogP contribution in [0, 0.1) is 13.8 Å². The fraction of sp³-hybridized carbons (Fsp3) is 0.625. The molecule has 0 bridgehead atoms. The molecule has 2 nitrogen and oxygen atoms in total. The molecule has 0 heterocycles. The number of benzene rings is 1. The summed E-state index contributed by atoms with van der Waals surface area (Å²) in [6.07, 6.45) is 5.67. The molecule has 1 fully saturated rings. The number of aryl methyl sites for hydroxylation is 2. The summed E-state index contributed by atoms with van der Waals surface area (Å²) in [6, 6.07) is 6.57. The summed E-state index contributed by atoms with van der Waals surface area (Å²) in [4.78, 5) is 0. The fourth-order valence-electron chi connectivity index (χ4n) is 3.05. The minimum atomic E-state index is -0.840. The summed E-state index contributed by atoms with van der Waals surface area (Å²) in [5, 5.41) is 0.184. The van der Waals surface area contributed by atoms with Gasteiger partial charge in [0, 0.05) is 22.6 Å². The first-order valence-corrected chi connectivity index (χ1v) is 8.64. The molecule has 1 aromatic carbocycles. The molecule has 3 unspecified atom stereocenters. The zero-order chi connectivity index (χ0) is 13.8. The maximum atomic E-state index is 12.6. The quantitative estimate of drug-likeness (QED) is 0.863. The summed E-state index contributed by atoms with van der Waals surface area (Å²) in [5.41, 5.74) is 9.88. The lowest BCUT2D eigenvalue weighted by atomic mass is 10.1. The van der Waals surface area contributed by atoms with E-state index in [4.69, 9.17) is 5.73 Å². The average Bonchev–Trinajstić information content (AvgIpc) is 2.52. The van der Waals surface area contributed by atoms with Gasteiger partial charge in [-0.25, -0.2) is 0 Å². The molecular weight excluding hydrogens is 254 g/mol. The lowest BCUT2D eigenvalue weighted by Gasteiger charge is -2.20. The van der Waals surface area contributed by atoms with E-state index in [0.717, 1.165) is 12.8 Å². The molecule has 0 aliphatic heterocycles. The molecule has 0 amide bonds. The van der Waals surface area contributed by atoms with Crippen LogP contribution in [0.5, 0.6) is 0 Å². The Balaban J connectivity index is 2.06. The largest absolute Gasteiger partial charge is 0.327 e. The molecule has 1 aromatic rings. The second kappa shape index (κ2) is 6.67. The van der Waals surface area contributed by atoms with Gasteiger partial charge < -0.3 is 5.73 Å². The predicted molar refractivity (Wildman–Crippen MR) is 82.6 cm³/mol. The Bertz CT molecular complexity index is 438. The van der Waals surface area contributed by atoms with Crippen molar-refractivity contribution in [3.63, 3.8) is 0 Å². The third-order valence-electron chi connectivity index (χ3n) is 3.93. The van der Waals surface area contributed by atoms with Gasteiger partial charge in [-0.05, 0) is 32.3 Å². The number of rotatable bonds is 3. The van der Waals surface area contributed by atoms with E-state index >= 15 is 0 Å². The summed E-state index contributed by atoms with van der Waals surface area (Å²) in [6.45, 7) is 4.19. The third-order valence-corrected chi connectivity index (χ3v) is 5.81. The Morgan fingerprint density at radius 1 is 1.11 bits per heavy atom. The van der Waals surface area contributed by atoms with Gasteiger partial charge in [-0.2, -0.15) is 0 Å². The highest BCUT2D eigenvalue weighted by Gasteiger charge is 2.25. The first-order chi connectivity index (χ1) is 9.06. The van der Waals surface area contributed by atoms with Gasteiger partial charge in [-0.15, -0.1) is 0 Å². The van der Waals surface area contributed by atoms with E-state index in [-0.39, 0.29) is 11.3 Å². The van der Waals surface area contributed by atoms with Gasteiger partial charge in [0.25, 0.3) is 0 Å². The average molecular weight is 279 g/mol. The molecule has 106 valence electrons.